The Kier molecular flexibility index (Phi) is 3.39. The number of carboxylic acid groups (broad SMARTS) is 1. The standard InChI is InChI=1S/C7H12N4O2S/c1-11(2)10-7-9-4(3-14-7)5(8)6(12)13/h3,5H,8H2,1-2H3,(H,9,10)(H,12,13). The molecule has 78 valence electrons. The lowest BCUT2D eigenvalue weighted by Crippen LogP contribution is -2.22. The van der Waals surface area contributed by atoms with E-state index in [1.54, 1.807) is 10.4 Å². The van der Waals surface area contributed by atoms with Crippen LogP contribution in [-0.2, 0) is 4.79 Å². The molecule has 1 aromatic heterocycles. The molecule has 0 amide bonds. The monoisotopic (exact) mass is 216 g/mol. The van der Waals surface area contributed by atoms with Crippen molar-refractivity contribution in [1.82, 2.24) is 9.99 Å². The van der Waals surface area contributed by atoms with Crippen molar-refractivity contribution in [3.8, 4) is 0 Å². The number of nitrogens with one attached hydrogen (secondary N) is 1. The molecule has 1 aromatic rings. The van der Waals surface area contributed by atoms with Gasteiger partial charge < -0.3 is 10.8 Å². The minimum absolute atomic E-state index is 0.367. The predicted octanol–water partition coefficient (Wildman–Crippen LogP) is 0.116. The molecule has 4 N–H and O–H groups in total. The van der Waals surface area contributed by atoms with Crippen molar-refractivity contribution < 1.29 is 9.90 Å². The molecule has 0 aliphatic carbocycles. The number of aromatic nitrogens is 1. The van der Waals surface area contributed by atoms with Crippen LogP contribution in [0.1, 0.15) is 11.7 Å². The van der Waals surface area contributed by atoms with Crippen molar-refractivity contribution in [3.05, 3.63) is 11.1 Å². The summed E-state index contributed by atoms with van der Waals surface area (Å²) in [5.41, 5.74) is 8.66. The summed E-state index contributed by atoms with van der Waals surface area (Å²) in [7, 11) is 3.64. The fourth-order valence-corrected chi connectivity index (χ4v) is 1.62. The van der Waals surface area contributed by atoms with Crippen LogP contribution in [0.4, 0.5) is 5.13 Å². The highest BCUT2D eigenvalue weighted by atomic mass is 32.1. The minimum atomic E-state index is -1.08. The Balaban J connectivity index is 2.72. The number of thiazole rings is 1. The van der Waals surface area contributed by atoms with E-state index in [-0.39, 0.29) is 0 Å². The van der Waals surface area contributed by atoms with Gasteiger partial charge in [-0.1, -0.05) is 0 Å². The van der Waals surface area contributed by atoms with E-state index >= 15 is 0 Å². The molecule has 14 heavy (non-hydrogen) atoms. The summed E-state index contributed by atoms with van der Waals surface area (Å²) in [5.74, 6) is -1.08. The molecule has 0 saturated carbocycles. The van der Waals surface area contributed by atoms with E-state index in [2.05, 4.69) is 10.4 Å². The minimum Gasteiger partial charge on any atom is -0.480 e. The zero-order valence-corrected chi connectivity index (χ0v) is 8.71. The first kappa shape index (κ1) is 10.9. The average Bonchev–Trinajstić information content (AvgIpc) is 2.50. The van der Waals surface area contributed by atoms with Crippen molar-refractivity contribution in [2.24, 2.45) is 5.73 Å². The van der Waals surface area contributed by atoms with E-state index in [9.17, 15) is 4.79 Å². The second-order valence-corrected chi connectivity index (χ2v) is 3.76. The molecule has 6 nitrogen and oxygen atoms in total. The Labute approximate surface area is 85.3 Å². The molecule has 0 saturated heterocycles. The largest absolute Gasteiger partial charge is 0.480 e. The van der Waals surface area contributed by atoms with Crippen molar-refractivity contribution in [3.63, 3.8) is 0 Å². The number of nitrogens with zero attached hydrogens (tertiary/aromatic N) is 2. The second kappa shape index (κ2) is 4.36. The van der Waals surface area contributed by atoms with Crippen LogP contribution in [0.5, 0.6) is 0 Å². The summed E-state index contributed by atoms with van der Waals surface area (Å²) in [5, 5.41) is 12.6. The summed E-state index contributed by atoms with van der Waals surface area (Å²) in [4.78, 5) is 14.6. The van der Waals surface area contributed by atoms with Crippen LogP contribution in [0.25, 0.3) is 0 Å². The van der Waals surface area contributed by atoms with Gasteiger partial charge in [0.25, 0.3) is 0 Å². The van der Waals surface area contributed by atoms with Crippen molar-refractivity contribution in [1.29, 1.82) is 0 Å². The Hall–Kier alpha value is -1.18. The fourth-order valence-electron chi connectivity index (χ4n) is 0.798. The summed E-state index contributed by atoms with van der Waals surface area (Å²) in [6.45, 7) is 0. The average molecular weight is 216 g/mol. The third-order valence-corrected chi connectivity index (χ3v) is 2.19. The zero-order chi connectivity index (χ0) is 10.7. The fraction of sp³-hybridized carbons (Fsp3) is 0.429. The van der Waals surface area contributed by atoms with Gasteiger partial charge in [-0.25, -0.2) is 9.99 Å². The maximum atomic E-state index is 10.5. The smallest absolute Gasteiger partial charge is 0.326 e. The second-order valence-electron chi connectivity index (χ2n) is 2.90. The van der Waals surface area contributed by atoms with E-state index < -0.39 is 12.0 Å². The maximum Gasteiger partial charge on any atom is 0.326 e. The van der Waals surface area contributed by atoms with E-state index in [0.29, 0.717) is 10.8 Å². The van der Waals surface area contributed by atoms with Gasteiger partial charge in [-0.3, -0.25) is 10.2 Å². The number of rotatable bonds is 4. The molecule has 0 radical (unpaired) electrons. The molecule has 0 bridgehead atoms. The summed E-state index contributed by atoms with van der Waals surface area (Å²) >= 11 is 1.32. The van der Waals surface area contributed by atoms with Gasteiger partial charge in [-0.05, 0) is 0 Å². The van der Waals surface area contributed by atoms with Gasteiger partial charge >= 0.3 is 5.97 Å². The van der Waals surface area contributed by atoms with Crippen LogP contribution in [0.15, 0.2) is 5.38 Å². The maximum absolute atomic E-state index is 10.5. The van der Waals surface area contributed by atoms with E-state index in [0.717, 1.165) is 0 Å². The quantitative estimate of drug-likeness (QED) is 0.619. The number of hydrogen-bond donors (Lipinski definition) is 3. The van der Waals surface area contributed by atoms with Crippen LogP contribution < -0.4 is 11.2 Å². The van der Waals surface area contributed by atoms with E-state index in [1.165, 1.54) is 11.3 Å². The summed E-state index contributed by atoms with van der Waals surface area (Å²) in [6.07, 6.45) is 0. The lowest BCUT2D eigenvalue weighted by Gasteiger charge is -2.09. The van der Waals surface area contributed by atoms with E-state index in [4.69, 9.17) is 10.8 Å². The van der Waals surface area contributed by atoms with Gasteiger partial charge in [0, 0.05) is 19.5 Å². The highest BCUT2D eigenvalue weighted by molar-refractivity contribution is 7.13. The van der Waals surface area contributed by atoms with Gasteiger partial charge in [0.15, 0.2) is 5.13 Å². The lowest BCUT2D eigenvalue weighted by atomic mass is 10.2. The van der Waals surface area contributed by atoms with Crippen LogP contribution in [-0.4, -0.2) is 35.2 Å². The third-order valence-electron chi connectivity index (χ3n) is 1.43. The number of nitrogens with two attached hydrogens (primary N) is 1. The molecular formula is C7H12N4O2S. The first-order valence-electron chi connectivity index (χ1n) is 3.88. The summed E-state index contributed by atoms with van der Waals surface area (Å²) < 4.78 is 0. The van der Waals surface area contributed by atoms with Crippen LogP contribution in [0.3, 0.4) is 0 Å². The molecule has 0 aromatic carbocycles. The van der Waals surface area contributed by atoms with Gasteiger partial charge in [-0.2, -0.15) is 0 Å². The number of hydrogen-bond acceptors (Lipinski definition) is 6. The van der Waals surface area contributed by atoms with Crippen molar-refractivity contribution >= 4 is 22.4 Å². The number of aliphatic carboxylic acids is 1. The first-order valence-corrected chi connectivity index (χ1v) is 4.76. The topological polar surface area (TPSA) is 91.5 Å². The Morgan fingerprint density at radius 1 is 1.79 bits per heavy atom. The van der Waals surface area contributed by atoms with E-state index in [1.807, 2.05) is 14.1 Å². The van der Waals surface area contributed by atoms with Gasteiger partial charge in [-0.15, -0.1) is 11.3 Å². The molecule has 0 aliphatic heterocycles. The molecule has 7 heteroatoms. The van der Waals surface area contributed by atoms with Gasteiger partial charge in [0.1, 0.15) is 6.04 Å². The predicted molar refractivity (Wildman–Crippen MR) is 54.0 cm³/mol. The Morgan fingerprint density at radius 2 is 2.43 bits per heavy atom. The van der Waals surface area contributed by atoms with Gasteiger partial charge in [0.2, 0.25) is 0 Å². The normalized spacial score (nSPS) is 12.9. The highest BCUT2D eigenvalue weighted by Crippen LogP contribution is 2.19. The summed E-state index contributed by atoms with van der Waals surface area (Å²) in [6, 6.07) is -1.05. The number of hydrazine groups is 1. The number of carbonyl (C=O) groups is 1. The molecule has 1 rings (SSSR count). The molecule has 1 atom stereocenters. The van der Waals surface area contributed by atoms with Crippen LogP contribution in [0.2, 0.25) is 0 Å². The number of anilines is 1. The van der Waals surface area contributed by atoms with Gasteiger partial charge in [0.05, 0.1) is 5.69 Å². The van der Waals surface area contributed by atoms with Crippen molar-refractivity contribution in [2.75, 3.05) is 19.5 Å². The molecular weight excluding hydrogens is 204 g/mol. The Bertz CT molecular complexity index is 325. The van der Waals surface area contributed by atoms with Crippen LogP contribution in [0, 0.1) is 0 Å². The molecule has 0 aliphatic rings. The molecule has 1 heterocycles. The molecule has 1 unspecified atom stereocenters. The third kappa shape index (κ3) is 2.66. The lowest BCUT2D eigenvalue weighted by molar-refractivity contribution is -0.138. The Morgan fingerprint density at radius 3 is 2.93 bits per heavy atom. The zero-order valence-electron chi connectivity index (χ0n) is 7.89. The number of carboxylic acids is 1. The molecule has 0 fully saturated rings. The van der Waals surface area contributed by atoms with Crippen LogP contribution >= 0.6 is 11.3 Å². The highest BCUT2D eigenvalue weighted by Gasteiger charge is 2.17. The SMILES string of the molecule is CN(C)Nc1nc(C(N)C(=O)O)cs1. The first-order chi connectivity index (χ1) is 6.50. The van der Waals surface area contributed by atoms with Crippen molar-refractivity contribution in [2.45, 2.75) is 6.04 Å². The molecule has 0 spiro atoms.